The third-order valence-corrected chi connectivity index (χ3v) is 4.21. The van der Waals surface area contributed by atoms with Gasteiger partial charge in [-0.15, -0.1) is 0 Å². The standard InChI is InChI=1S/C20H15ClFN3O4/c1-23-15-8-6-12(10-17(15)25(27)28)20(26)24-16-11-13(21)7-9-19(16)29-18-5-3-2-4-14(18)22/h2-11,23H,1H3,(H,24,26). The first kappa shape index (κ1) is 20.1. The third-order valence-electron chi connectivity index (χ3n) is 3.97. The Kier molecular flexibility index (Phi) is 5.94. The maximum absolute atomic E-state index is 13.9. The zero-order valence-electron chi connectivity index (χ0n) is 15.1. The van der Waals surface area contributed by atoms with Crippen LogP contribution in [0.3, 0.4) is 0 Å². The van der Waals surface area contributed by atoms with Crippen LogP contribution in [0, 0.1) is 15.9 Å². The molecule has 1 amide bonds. The van der Waals surface area contributed by atoms with Crippen LogP contribution in [-0.2, 0) is 0 Å². The number of ether oxygens (including phenoxy) is 1. The second-order valence-corrected chi connectivity index (χ2v) is 6.30. The lowest BCUT2D eigenvalue weighted by molar-refractivity contribution is -0.384. The second kappa shape index (κ2) is 8.57. The van der Waals surface area contributed by atoms with E-state index in [4.69, 9.17) is 16.3 Å². The number of benzene rings is 3. The molecule has 0 atom stereocenters. The quantitative estimate of drug-likeness (QED) is 0.411. The van der Waals surface area contributed by atoms with E-state index in [0.717, 1.165) is 6.07 Å². The molecule has 0 spiro atoms. The summed E-state index contributed by atoms with van der Waals surface area (Å²) in [4.78, 5) is 23.3. The fraction of sp³-hybridized carbons (Fsp3) is 0.0500. The molecule has 0 radical (unpaired) electrons. The van der Waals surface area contributed by atoms with Crippen LogP contribution in [-0.4, -0.2) is 17.9 Å². The van der Waals surface area contributed by atoms with Crippen molar-refractivity contribution in [3.63, 3.8) is 0 Å². The number of carbonyl (C=O) groups excluding carboxylic acids is 1. The van der Waals surface area contributed by atoms with Gasteiger partial charge in [-0.3, -0.25) is 14.9 Å². The van der Waals surface area contributed by atoms with Gasteiger partial charge in [0, 0.05) is 23.7 Å². The Hall–Kier alpha value is -3.65. The Morgan fingerprint density at radius 3 is 2.52 bits per heavy atom. The lowest BCUT2D eigenvalue weighted by Gasteiger charge is -2.13. The van der Waals surface area contributed by atoms with Crippen molar-refractivity contribution in [1.82, 2.24) is 0 Å². The summed E-state index contributed by atoms with van der Waals surface area (Å²) in [6, 6.07) is 14.3. The summed E-state index contributed by atoms with van der Waals surface area (Å²) < 4.78 is 19.5. The molecule has 0 bridgehead atoms. The fourth-order valence-electron chi connectivity index (χ4n) is 2.56. The predicted octanol–water partition coefficient (Wildman–Crippen LogP) is 5.47. The Bertz CT molecular complexity index is 1090. The summed E-state index contributed by atoms with van der Waals surface area (Å²) in [5.41, 5.74) is 0.283. The van der Waals surface area contributed by atoms with E-state index in [1.807, 2.05) is 0 Å². The molecule has 0 saturated carbocycles. The number of amides is 1. The lowest BCUT2D eigenvalue weighted by Crippen LogP contribution is -2.13. The van der Waals surface area contributed by atoms with Crippen molar-refractivity contribution in [1.29, 1.82) is 0 Å². The minimum absolute atomic E-state index is 0.0284. The first-order chi connectivity index (χ1) is 13.9. The first-order valence-corrected chi connectivity index (χ1v) is 8.76. The maximum atomic E-state index is 13.9. The summed E-state index contributed by atoms with van der Waals surface area (Å²) in [6.45, 7) is 0. The summed E-state index contributed by atoms with van der Waals surface area (Å²) in [7, 11) is 1.54. The van der Waals surface area contributed by atoms with E-state index in [9.17, 15) is 19.3 Å². The molecule has 0 saturated heterocycles. The van der Waals surface area contributed by atoms with Crippen LogP contribution >= 0.6 is 11.6 Å². The molecule has 0 aliphatic heterocycles. The molecule has 0 unspecified atom stereocenters. The van der Waals surface area contributed by atoms with E-state index in [1.54, 1.807) is 13.1 Å². The molecule has 2 N–H and O–H groups in total. The number of nitrogens with zero attached hydrogens (tertiary/aromatic N) is 1. The first-order valence-electron chi connectivity index (χ1n) is 8.38. The molecule has 7 nitrogen and oxygen atoms in total. The zero-order valence-corrected chi connectivity index (χ0v) is 15.9. The largest absolute Gasteiger partial charge is 0.452 e. The van der Waals surface area contributed by atoms with E-state index in [-0.39, 0.29) is 34.1 Å². The van der Waals surface area contributed by atoms with Gasteiger partial charge in [-0.05, 0) is 42.5 Å². The van der Waals surface area contributed by atoms with Crippen molar-refractivity contribution < 1.29 is 18.8 Å². The van der Waals surface area contributed by atoms with Gasteiger partial charge in [-0.2, -0.15) is 0 Å². The number of para-hydroxylation sites is 1. The lowest BCUT2D eigenvalue weighted by atomic mass is 10.1. The smallest absolute Gasteiger partial charge is 0.293 e. The monoisotopic (exact) mass is 415 g/mol. The Morgan fingerprint density at radius 2 is 1.83 bits per heavy atom. The number of hydrogen-bond acceptors (Lipinski definition) is 5. The molecule has 148 valence electrons. The normalized spacial score (nSPS) is 10.3. The van der Waals surface area contributed by atoms with Crippen LogP contribution in [0.25, 0.3) is 0 Å². The summed E-state index contributed by atoms with van der Waals surface area (Å²) in [5.74, 6) is -1.05. The highest BCUT2D eigenvalue weighted by molar-refractivity contribution is 6.31. The van der Waals surface area contributed by atoms with Crippen LogP contribution in [0.1, 0.15) is 10.4 Å². The van der Waals surface area contributed by atoms with E-state index >= 15 is 0 Å². The molecular formula is C20H15ClFN3O4. The van der Waals surface area contributed by atoms with Gasteiger partial charge in [0.2, 0.25) is 0 Å². The maximum Gasteiger partial charge on any atom is 0.293 e. The molecule has 0 aromatic heterocycles. The van der Waals surface area contributed by atoms with Gasteiger partial charge in [0.05, 0.1) is 10.6 Å². The minimum Gasteiger partial charge on any atom is -0.452 e. The number of carbonyl (C=O) groups is 1. The molecule has 9 heteroatoms. The molecular weight excluding hydrogens is 401 g/mol. The Morgan fingerprint density at radius 1 is 1.07 bits per heavy atom. The summed E-state index contributed by atoms with van der Waals surface area (Å²) >= 11 is 6.01. The summed E-state index contributed by atoms with van der Waals surface area (Å²) in [6.07, 6.45) is 0. The number of nitrogens with one attached hydrogen (secondary N) is 2. The van der Waals surface area contributed by atoms with Crippen molar-refractivity contribution >= 4 is 34.6 Å². The molecule has 3 aromatic carbocycles. The van der Waals surface area contributed by atoms with Gasteiger partial charge in [-0.1, -0.05) is 23.7 Å². The van der Waals surface area contributed by atoms with Crippen molar-refractivity contribution in [3.05, 3.63) is 87.2 Å². The highest BCUT2D eigenvalue weighted by Gasteiger charge is 2.18. The number of halogens is 2. The van der Waals surface area contributed by atoms with Gasteiger partial charge >= 0.3 is 0 Å². The average molecular weight is 416 g/mol. The number of nitro groups is 1. The molecule has 0 fully saturated rings. The Labute approximate surface area is 170 Å². The molecule has 0 aliphatic carbocycles. The topological polar surface area (TPSA) is 93.5 Å². The zero-order chi connectivity index (χ0) is 21.0. The van der Waals surface area contributed by atoms with E-state index in [2.05, 4.69) is 10.6 Å². The van der Waals surface area contributed by atoms with Crippen LogP contribution in [0.15, 0.2) is 60.7 Å². The summed E-state index contributed by atoms with van der Waals surface area (Å²) in [5, 5.41) is 16.8. The molecule has 3 aromatic rings. The van der Waals surface area contributed by atoms with Gasteiger partial charge < -0.3 is 15.4 Å². The number of rotatable bonds is 6. The molecule has 0 heterocycles. The Balaban J connectivity index is 1.91. The molecule has 3 rings (SSSR count). The van der Waals surface area contributed by atoms with Crippen LogP contribution < -0.4 is 15.4 Å². The SMILES string of the molecule is CNc1ccc(C(=O)Nc2cc(Cl)ccc2Oc2ccccc2F)cc1[N+](=O)[O-]. The van der Waals surface area contributed by atoms with E-state index in [0.29, 0.717) is 5.02 Å². The second-order valence-electron chi connectivity index (χ2n) is 5.87. The van der Waals surface area contributed by atoms with Crippen LogP contribution in [0.4, 0.5) is 21.5 Å². The van der Waals surface area contributed by atoms with Crippen LogP contribution in [0.2, 0.25) is 5.02 Å². The van der Waals surface area contributed by atoms with Crippen LogP contribution in [0.5, 0.6) is 11.5 Å². The molecule has 0 aliphatic rings. The number of hydrogen-bond donors (Lipinski definition) is 2. The number of nitro benzene ring substituents is 1. The minimum atomic E-state index is -0.614. The molecule has 29 heavy (non-hydrogen) atoms. The van der Waals surface area contributed by atoms with Crippen molar-refractivity contribution in [2.45, 2.75) is 0 Å². The third kappa shape index (κ3) is 4.61. The van der Waals surface area contributed by atoms with Gasteiger partial charge in [0.15, 0.2) is 17.3 Å². The van der Waals surface area contributed by atoms with Gasteiger partial charge in [-0.25, -0.2) is 4.39 Å². The van der Waals surface area contributed by atoms with E-state index in [1.165, 1.54) is 48.5 Å². The average Bonchev–Trinajstić information content (AvgIpc) is 2.70. The highest BCUT2D eigenvalue weighted by atomic mass is 35.5. The van der Waals surface area contributed by atoms with Gasteiger partial charge in [0.25, 0.3) is 11.6 Å². The van der Waals surface area contributed by atoms with Gasteiger partial charge in [0.1, 0.15) is 5.69 Å². The predicted molar refractivity (Wildman–Crippen MR) is 109 cm³/mol. The van der Waals surface area contributed by atoms with Crippen molar-refractivity contribution in [3.8, 4) is 11.5 Å². The number of anilines is 2. The van der Waals surface area contributed by atoms with E-state index < -0.39 is 16.6 Å². The van der Waals surface area contributed by atoms with Crippen molar-refractivity contribution in [2.75, 3.05) is 17.7 Å². The van der Waals surface area contributed by atoms with Crippen molar-refractivity contribution in [2.24, 2.45) is 0 Å². The highest BCUT2D eigenvalue weighted by Crippen LogP contribution is 2.34. The fourth-order valence-corrected chi connectivity index (χ4v) is 2.74.